The van der Waals surface area contributed by atoms with Gasteiger partial charge < -0.3 is 0 Å². The van der Waals surface area contributed by atoms with Crippen LogP contribution in [0.1, 0.15) is 35.7 Å². The highest BCUT2D eigenvalue weighted by Crippen LogP contribution is 2.34. The first-order valence-corrected chi connectivity index (χ1v) is 7.32. The van der Waals surface area contributed by atoms with Crippen LogP contribution in [0.4, 0.5) is 4.39 Å². The van der Waals surface area contributed by atoms with Gasteiger partial charge in [0.2, 0.25) is 0 Å². The van der Waals surface area contributed by atoms with E-state index in [1.807, 2.05) is 13.8 Å². The van der Waals surface area contributed by atoms with Gasteiger partial charge in [0.1, 0.15) is 11.5 Å². The van der Waals surface area contributed by atoms with Crippen LogP contribution in [0.2, 0.25) is 5.02 Å². The molecule has 3 rings (SSSR count). The Morgan fingerprint density at radius 2 is 1.91 bits per heavy atom. The highest BCUT2D eigenvalue weighted by Gasteiger charge is 2.20. The summed E-state index contributed by atoms with van der Waals surface area (Å²) in [7, 11) is 0. The van der Waals surface area contributed by atoms with Crippen molar-refractivity contribution in [2.45, 2.75) is 19.8 Å². The largest absolute Gasteiger partial charge is 0.298 e. The number of nitrogens with zero attached hydrogens (tertiary/aromatic N) is 2. The van der Waals surface area contributed by atoms with E-state index in [-0.39, 0.29) is 11.7 Å². The quantitative estimate of drug-likeness (QED) is 0.655. The molecule has 0 amide bonds. The van der Waals surface area contributed by atoms with Crippen molar-refractivity contribution >= 4 is 23.4 Å². The van der Waals surface area contributed by atoms with Crippen molar-refractivity contribution in [2.75, 3.05) is 0 Å². The van der Waals surface area contributed by atoms with Gasteiger partial charge >= 0.3 is 0 Å². The van der Waals surface area contributed by atoms with Crippen LogP contribution >= 0.6 is 11.6 Å². The third kappa shape index (κ3) is 2.29. The smallest absolute Gasteiger partial charge is 0.152 e. The fraction of sp³-hybridized carbons (Fsp3) is 0.176. The molecule has 2 aromatic heterocycles. The number of rotatable bonds is 3. The Labute approximate surface area is 132 Å². The fourth-order valence-electron chi connectivity index (χ4n) is 2.68. The molecule has 0 unspecified atom stereocenters. The highest BCUT2D eigenvalue weighted by atomic mass is 35.5. The van der Waals surface area contributed by atoms with E-state index in [0.717, 1.165) is 17.4 Å². The predicted octanol–water partition coefficient (Wildman–Crippen LogP) is 4.73. The summed E-state index contributed by atoms with van der Waals surface area (Å²) >= 11 is 6.24. The Morgan fingerprint density at radius 1 is 1.23 bits per heavy atom. The molecule has 22 heavy (non-hydrogen) atoms. The number of carbonyl (C=O) groups excluding carboxylic acids is 1. The summed E-state index contributed by atoms with van der Waals surface area (Å²) in [5.41, 5.74) is 3.30. The van der Waals surface area contributed by atoms with E-state index >= 15 is 0 Å². The van der Waals surface area contributed by atoms with Crippen LogP contribution in [0.15, 0.2) is 36.5 Å². The summed E-state index contributed by atoms with van der Waals surface area (Å²) < 4.78 is 14.8. The van der Waals surface area contributed by atoms with Gasteiger partial charge in [-0.15, -0.1) is 0 Å². The Kier molecular flexibility index (Phi) is 3.71. The van der Waals surface area contributed by atoms with E-state index in [0.29, 0.717) is 21.8 Å². The fourth-order valence-corrected chi connectivity index (χ4v) is 2.92. The van der Waals surface area contributed by atoms with Crippen LogP contribution < -0.4 is 0 Å². The van der Waals surface area contributed by atoms with E-state index in [2.05, 4.69) is 5.10 Å². The van der Waals surface area contributed by atoms with Gasteiger partial charge in [-0.05, 0) is 41.8 Å². The van der Waals surface area contributed by atoms with Crippen molar-refractivity contribution in [1.82, 2.24) is 9.61 Å². The molecule has 0 aliphatic rings. The van der Waals surface area contributed by atoms with Gasteiger partial charge in [-0.1, -0.05) is 25.4 Å². The minimum Gasteiger partial charge on any atom is -0.298 e. The van der Waals surface area contributed by atoms with Crippen molar-refractivity contribution < 1.29 is 9.18 Å². The third-order valence-electron chi connectivity index (χ3n) is 3.64. The first kappa shape index (κ1) is 14.7. The van der Waals surface area contributed by atoms with E-state index in [1.54, 1.807) is 28.9 Å². The summed E-state index contributed by atoms with van der Waals surface area (Å²) in [4.78, 5) is 11.7. The predicted molar refractivity (Wildman–Crippen MR) is 85.1 cm³/mol. The lowest BCUT2D eigenvalue weighted by Gasteiger charge is -2.15. The normalized spacial score (nSPS) is 11.3. The van der Waals surface area contributed by atoms with Crippen LogP contribution in [0.5, 0.6) is 0 Å². The van der Waals surface area contributed by atoms with Gasteiger partial charge in [0, 0.05) is 17.3 Å². The van der Waals surface area contributed by atoms with Gasteiger partial charge in [0.25, 0.3) is 0 Å². The van der Waals surface area contributed by atoms with E-state index in [9.17, 15) is 9.18 Å². The van der Waals surface area contributed by atoms with Crippen molar-refractivity contribution in [1.29, 1.82) is 0 Å². The topological polar surface area (TPSA) is 34.4 Å². The van der Waals surface area contributed by atoms with Crippen molar-refractivity contribution in [3.8, 4) is 11.3 Å². The van der Waals surface area contributed by atoms with Gasteiger partial charge in [0.15, 0.2) is 6.29 Å². The molecule has 0 saturated carbocycles. The molecule has 3 aromatic rings. The molecule has 0 aliphatic carbocycles. The molecule has 0 saturated heterocycles. The minimum absolute atomic E-state index is 0.0947. The minimum atomic E-state index is -0.328. The zero-order valence-electron chi connectivity index (χ0n) is 12.2. The molecule has 0 radical (unpaired) electrons. The van der Waals surface area contributed by atoms with Crippen LogP contribution in [0, 0.1) is 5.82 Å². The molecular formula is C17H14ClFN2O. The number of halogens is 2. The molecule has 3 nitrogen and oxygen atoms in total. The Balaban J connectivity index is 2.40. The molecule has 0 bridgehead atoms. The maximum absolute atomic E-state index is 13.1. The van der Waals surface area contributed by atoms with E-state index < -0.39 is 0 Å². The lowest BCUT2D eigenvalue weighted by molar-refractivity contribution is 0.112. The Morgan fingerprint density at radius 3 is 2.50 bits per heavy atom. The molecule has 0 atom stereocenters. The van der Waals surface area contributed by atoms with E-state index in [1.165, 1.54) is 12.1 Å². The van der Waals surface area contributed by atoms with Crippen molar-refractivity contribution in [3.63, 3.8) is 0 Å². The maximum atomic E-state index is 13.1. The van der Waals surface area contributed by atoms with Crippen LogP contribution in [0.3, 0.4) is 0 Å². The van der Waals surface area contributed by atoms with Gasteiger partial charge in [-0.2, -0.15) is 5.10 Å². The monoisotopic (exact) mass is 316 g/mol. The Bertz CT molecular complexity index is 853. The summed E-state index contributed by atoms with van der Waals surface area (Å²) in [6.45, 7) is 4.00. The summed E-state index contributed by atoms with van der Waals surface area (Å²) in [5, 5.41) is 5.05. The number of hydrogen-bond acceptors (Lipinski definition) is 2. The molecular weight excluding hydrogens is 303 g/mol. The van der Waals surface area contributed by atoms with Gasteiger partial charge in [-0.3, -0.25) is 4.79 Å². The average molecular weight is 317 g/mol. The summed E-state index contributed by atoms with van der Waals surface area (Å²) in [6, 6.07) is 7.69. The molecule has 1 aromatic carbocycles. The second-order valence-electron chi connectivity index (χ2n) is 5.41. The first-order chi connectivity index (χ1) is 10.5. The first-order valence-electron chi connectivity index (χ1n) is 6.94. The highest BCUT2D eigenvalue weighted by molar-refractivity contribution is 6.34. The number of aromatic nitrogens is 2. The summed E-state index contributed by atoms with van der Waals surface area (Å²) in [6.07, 6.45) is 2.55. The lowest BCUT2D eigenvalue weighted by atomic mass is 9.94. The number of fused-ring (bicyclic) bond motifs is 1. The number of benzene rings is 1. The van der Waals surface area contributed by atoms with Gasteiger partial charge in [0.05, 0.1) is 10.5 Å². The van der Waals surface area contributed by atoms with Crippen LogP contribution in [-0.2, 0) is 0 Å². The third-order valence-corrected chi connectivity index (χ3v) is 3.94. The Hall–Kier alpha value is -2.20. The van der Waals surface area contributed by atoms with E-state index in [4.69, 9.17) is 11.6 Å². The molecule has 5 heteroatoms. The standard InChI is InChI=1S/C17H14ClFN2O/c1-10(2)15-13(9-22)16(11-3-5-12(19)6-4-11)20-21-8-7-14(18)17(15)21/h3-10H,1-2H3. The van der Waals surface area contributed by atoms with Crippen LogP contribution in [0.25, 0.3) is 16.8 Å². The molecule has 2 heterocycles. The number of hydrogen-bond donors (Lipinski definition) is 0. The SMILES string of the molecule is CC(C)c1c(C=O)c(-c2ccc(F)cc2)nn2ccc(Cl)c12. The zero-order valence-corrected chi connectivity index (χ0v) is 12.9. The van der Waals surface area contributed by atoms with Crippen LogP contribution in [-0.4, -0.2) is 15.9 Å². The molecule has 0 spiro atoms. The molecule has 112 valence electrons. The molecule has 0 N–H and O–H groups in total. The van der Waals surface area contributed by atoms with Crippen molar-refractivity contribution in [3.05, 3.63) is 58.5 Å². The van der Waals surface area contributed by atoms with Crippen molar-refractivity contribution in [2.24, 2.45) is 0 Å². The van der Waals surface area contributed by atoms with Gasteiger partial charge in [-0.25, -0.2) is 8.91 Å². The molecule has 0 aliphatic heterocycles. The number of aldehydes is 1. The summed E-state index contributed by atoms with van der Waals surface area (Å²) in [5.74, 6) is -0.233. The second kappa shape index (κ2) is 5.54. The molecule has 0 fully saturated rings. The second-order valence-corrected chi connectivity index (χ2v) is 5.82. The average Bonchev–Trinajstić information content (AvgIpc) is 2.87. The zero-order chi connectivity index (χ0) is 15.9. The number of carbonyl (C=O) groups is 1. The maximum Gasteiger partial charge on any atom is 0.152 e. The lowest BCUT2D eigenvalue weighted by Crippen LogP contribution is -2.07.